The lowest BCUT2D eigenvalue weighted by Gasteiger charge is -2.09. The van der Waals surface area contributed by atoms with Crippen LogP contribution in [0.25, 0.3) is 0 Å². The molecule has 1 amide bonds. The smallest absolute Gasteiger partial charge is 0.259 e. The van der Waals surface area contributed by atoms with Gasteiger partial charge < -0.3 is 10.1 Å². The van der Waals surface area contributed by atoms with Gasteiger partial charge in [-0.25, -0.2) is 5.43 Å². The van der Waals surface area contributed by atoms with Crippen molar-refractivity contribution >= 4 is 17.8 Å². The number of nitrogens with zero attached hydrogens (tertiary/aromatic N) is 2. The van der Waals surface area contributed by atoms with E-state index in [0.717, 1.165) is 17.0 Å². The van der Waals surface area contributed by atoms with Gasteiger partial charge >= 0.3 is 0 Å². The first-order valence-electron chi connectivity index (χ1n) is 8.49. The van der Waals surface area contributed by atoms with E-state index in [1.807, 2.05) is 55.5 Å². The van der Waals surface area contributed by atoms with Gasteiger partial charge in [0.25, 0.3) is 5.91 Å². The van der Waals surface area contributed by atoms with Crippen LogP contribution in [0, 0.1) is 6.92 Å². The minimum atomic E-state index is -0.245. The molecule has 3 aromatic rings. The maximum absolute atomic E-state index is 11.9. The lowest BCUT2D eigenvalue weighted by atomic mass is 10.2. The normalized spacial score (nSPS) is 10.6. The van der Waals surface area contributed by atoms with Crippen LogP contribution in [0.3, 0.4) is 0 Å². The minimum absolute atomic E-state index is 0.0989. The zero-order chi connectivity index (χ0) is 18.9. The summed E-state index contributed by atoms with van der Waals surface area (Å²) < 4.78 is 5.83. The highest BCUT2D eigenvalue weighted by Crippen LogP contribution is 2.24. The molecular weight excluding hydrogens is 340 g/mol. The zero-order valence-electron chi connectivity index (χ0n) is 14.9. The summed E-state index contributed by atoms with van der Waals surface area (Å²) in [4.78, 5) is 15.8. The van der Waals surface area contributed by atoms with Crippen molar-refractivity contribution in [2.24, 2.45) is 5.10 Å². The van der Waals surface area contributed by atoms with Gasteiger partial charge in [0.05, 0.1) is 12.8 Å². The Kier molecular flexibility index (Phi) is 6.14. The van der Waals surface area contributed by atoms with Gasteiger partial charge in [-0.15, -0.1) is 0 Å². The second-order valence-electron chi connectivity index (χ2n) is 5.87. The number of amides is 1. The summed E-state index contributed by atoms with van der Waals surface area (Å²) in [6.07, 6.45) is 4.89. The second-order valence-corrected chi connectivity index (χ2v) is 5.87. The Morgan fingerprint density at radius 3 is 2.63 bits per heavy atom. The fraction of sp³-hybridized carbons (Fsp3) is 0.0952. The van der Waals surface area contributed by atoms with Crippen molar-refractivity contribution in [2.45, 2.75) is 6.92 Å². The molecule has 0 saturated heterocycles. The highest BCUT2D eigenvalue weighted by atomic mass is 16.5. The number of ether oxygens (including phenoxy) is 1. The average Bonchev–Trinajstić information content (AvgIpc) is 2.69. The number of pyridine rings is 1. The molecule has 2 aromatic carbocycles. The standard InChI is InChI=1S/C21H20N4O2/c1-16-5-7-19(8-6-16)27-20-4-2-3-18(13-20)23-15-21(26)25-24-14-17-9-11-22-12-10-17/h2-14,23H,15H2,1H3,(H,25,26)/b24-14+. The van der Waals surface area contributed by atoms with Gasteiger partial charge in [-0.05, 0) is 48.9 Å². The van der Waals surface area contributed by atoms with Crippen LogP contribution in [0.2, 0.25) is 0 Å². The Morgan fingerprint density at radius 2 is 1.85 bits per heavy atom. The maximum atomic E-state index is 11.9. The predicted molar refractivity (Wildman–Crippen MR) is 106 cm³/mol. The Morgan fingerprint density at radius 1 is 1.07 bits per heavy atom. The van der Waals surface area contributed by atoms with E-state index in [0.29, 0.717) is 5.75 Å². The van der Waals surface area contributed by atoms with Gasteiger partial charge in [-0.1, -0.05) is 23.8 Å². The molecule has 3 rings (SSSR count). The first-order valence-corrected chi connectivity index (χ1v) is 8.49. The molecule has 2 N–H and O–H groups in total. The van der Waals surface area contributed by atoms with E-state index < -0.39 is 0 Å². The zero-order valence-corrected chi connectivity index (χ0v) is 14.9. The molecular formula is C21H20N4O2. The maximum Gasteiger partial charge on any atom is 0.259 e. The van der Waals surface area contributed by atoms with Crippen molar-refractivity contribution < 1.29 is 9.53 Å². The van der Waals surface area contributed by atoms with Crippen LogP contribution in [-0.2, 0) is 4.79 Å². The van der Waals surface area contributed by atoms with Crippen LogP contribution in [0.15, 0.2) is 78.2 Å². The van der Waals surface area contributed by atoms with E-state index in [1.54, 1.807) is 30.7 Å². The molecule has 136 valence electrons. The van der Waals surface area contributed by atoms with Gasteiger partial charge in [0.2, 0.25) is 0 Å². The van der Waals surface area contributed by atoms with Gasteiger partial charge in [0.15, 0.2) is 0 Å². The number of carbonyl (C=O) groups is 1. The number of anilines is 1. The number of hydrazone groups is 1. The van der Waals surface area contributed by atoms with Crippen molar-refractivity contribution in [1.82, 2.24) is 10.4 Å². The van der Waals surface area contributed by atoms with Crippen molar-refractivity contribution in [1.29, 1.82) is 0 Å². The van der Waals surface area contributed by atoms with Gasteiger partial charge in [0, 0.05) is 24.1 Å². The van der Waals surface area contributed by atoms with Crippen molar-refractivity contribution in [3.05, 3.63) is 84.2 Å². The first-order chi connectivity index (χ1) is 13.2. The molecule has 0 bridgehead atoms. The molecule has 0 fully saturated rings. The number of aryl methyl sites for hydroxylation is 1. The summed E-state index contributed by atoms with van der Waals surface area (Å²) in [6.45, 7) is 2.13. The molecule has 0 aliphatic heterocycles. The number of nitrogens with one attached hydrogen (secondary N) is 2. The molecule has 6 heteroatoms. The third-order valence-corrected chi connectivity index (χ3v) is 3.65. The number of benzene rings is 2. The molecule has 27 heavy (non-hydrogen) atoms. The predicted octanol–water partition coefficient (Wildman–Crippen LogP) is 3.74. The summed E-state index contributed by atoms with van der Waals surface area (Å²) in [6, 6.07) is 18.9. The quantitative estimate of drug-likeness (QED) is 0.497. The van der Waals surface area contributed by atoms with Crippen LogP contribution >= 0.6 is 0 Å². The summed E-state index contributed by atoms with van der Waals surface area (Å²) in [7, 11) is 0. The fourth-order valence-corrected chi connectivity index (χ4v) is 2.26. The molecule has 1 heterocycles. The molecule has 1 aromatic heterocycles. The Bertz CT molecular complexity index is 909. The van der Waals surface area contributed by atoms with E-state index in [2.05, 4.69) is 20.8 Å². The van der Waals surface area contributed by atoms with E-state index in [9.17, 15) is 4.79 Å². The Labute approximate surface area is 157 Å². The highest BCUT2D eigenvalue weighted by Gasteiger charge is 2.02. The third kappa shape index (κ3) is 5.97. The minimum Gasteiger partial charge on any atom is -0.457 e. The van der Waals surface area contributed by atoms with E-state index in [-0.39, 0.29) is 12.5 Å². The van der Waals surface area contributed by atoms with Crippen LogP contribution in [0.1, 0.15) is 11.1 Å². The summed E-state index contributed by atoms with van der Waals surface area (Å²) in [5, 5.41) is 6.97. The van der Waals surface area contributed by atoms with E-state index >= 15 is 0 Å². The molecule has 0 radical (unpaired) electrons. The van der Waals surface area contributed by atoms with Crippen LogP contribution in [0.4, 0.5) is 5.69 Å². The monoisotopic (exact) mass is 360 g/mol. The number of rotatable bonds is 7. The molecule has 0 unspecified atom stereocenters. The van der Waals surface area contributed by atoms with Crippen molar-refractivity contribution in [3.8, 4) is 11.5 Å². The molecule has 0 atom stereocenters. The molecule has 6 nitrogen and oxygen atoms in total. The Balaban J connectivity index is 1.49. The van der Waals surface area contributed by atoms with Crippen LogP contribution in [0.5, 0.6) is 11.5 Å². The molecule has 0 spiro atoms. The second kappa shape index (κ2) is 9.15. The largest absolute Gasteiger partial charge is 0.457 e. The average molecular weight is 360 g/mol. The highest BCUT2D eigenvalue weighted by molar-refractivity contribution is 5.84. The first kappa shape index (κ1) is 18.1. The van der Waals surface area contributed by atoms with E-state index in [1.165, 1.54) is 5.56 Å². The van der Waals surface area contributed by atoms with Gasteiger partial charge in [-0.3, -0.25) is 9.78 Å². The molecule has 0 aliphatic carbocycles. The van der Waals surface area contributed by atoms with Crippen LogP contribution < -0.4 is 15.5 Å². The SMILES string of the molecule is Cc1ccc(Oc2cccc(NCC(=O)N/N=C/c3ccncc3)c2)cc1. The number of carbonyl (C=O) groups excluding carboxylic acids is 1. The van der Waals surface area contributed by atoms with E-state index in [4.69, 9.17) is 4.74 Å². The van der Waals surface area contributed by atoms with Crippen LogP contribution in [-0.4, -0.2) is 23.7 Å². The topological polar surface area (TPSA) is 75.6 Å². The molecule has 0 aliphatic rings. The van der Waals surface area contributed by atoms with Crippen molar-refractivity contribution in [2.75, 3.05) is 11.9 Å². The number of hydrogen-bond donors (Lipinski definition) is 2. The van der Waals surface area contributed by atoms with Crippen molar-refractivity contribution in [3.63, 3.8) is 0 Å². The van der Waals surface area contributed by atoms with Gasteiger partial charge in [-0.2, -0.15) is 5.10 Å². The third-order valence-electron chi connectivity index (χ3n) is 3.65. The number of aromatic nitrogens is 1. The summed E-state index contributed by atoms with van der Waals surface area (Å²) in [5.41, 5.74) is 5.30. The summed E-state index contributed by atoms with van der Waals surface area (Å²) in [5.74, 6) is 1.21. The summed E-state index contributed by atoms with van der Waals surface area (Å²) >= 11 is 0. The lowest BCUT2D eigenvalue weighted by molar-refractivity contribution is -0.119. The number of hydrogen-bond acceptors (Lipinski definition) is 5. The van der Waals surface area contributed by atoms with Gasteiger partial charge in [0.1, 0.15) is 11.5 Å². The Hall–Kier alpha value is -3.67. The molecule has 0 saturated carbocycles. The lowest BCUT2D eigenvalue weighted by Crippen LogP contribution is -2.25. The fourth-order valence-electron chi connectivity index (χ4n) is 2.26.